The summed E-state index contributed by atoms with van der Waals surface area (Å²) in [6.45, 7) is 2.28. The van der Waals surface area contributed by atoms with Gasteiger partial charge in [0.25, 0.3) is 0 Å². The minimum atomic E-state index is -3.19. The molecule has 0 amide bonds. The molecule has 1 aliphatic rings. The number of aromatic amines is 1. The molecule has 1 aromatic rings. The maximum atomic E-state index is 12.3. The molecule has 2 heterocycles. The molecule has 23 heavy (non-hydrogen) atoms. The van der Waals surface area contributed by atoms with Crippen LogP contribution >= 0.6 is 11.8 Å². The zero-order chi connectivity index (χ0) is 16.7. The van der Waals surface area contributed by atoms with E-state index in [1.807, 2.05) is 30.3 Å². The van der Waals surface area contributed by atoms with E-state index in [2.05, 4.69) is 15.3 Å². The third-order valence-electron chi connectivity index (χ3n) is 3.65. The predicted octanol–water partition coefficient (Wildman–Crippen LogP) is 0.401. The van der Waals surface area contributed by atoms with Crippen molar-refractivity contribution in [3.63, 3.8) is 0 Å². The summed E-state index contributed by atoms with van der Waals surface area (Å²) in [5.74, 6) is 2.54. The smallest absolute Gasteiger partial charge is 0.215 e. The number of aromatic nitrogens is 1. The van der Waals surface area contributed by atoms with Gasteiger partial charge in [-0.05, 0) is 12.1 Å². The summed E-state index contributed by atoms with van der Waals surface area (Å²) in [5, 5.41) is 3.13. The van der Waals surface area contributed by atoms with Crippen molar-refractivity contribution in [2.45, 2.75) is 6.54 Å². The summed E-state index contributed by atoms with van der Waals surface area (Å²) in [6.07, 6.45) is 1.88. The highest BCUT2D eigenvalue weighted by atomic mass is 32.2. The molecule has 0 aliphatic carbocycles. The molecule has 130 valence electrons. The van der Waals surface area contributed by atoms with E-state index < -0.39 is 10.0 Å². The number of nitrogens with zero attached hydrogens (tertiary/aromatic N) is 3. The summed E-state index contributed by atoms with van der Waals surface area (Å²) >= 11 is 1.80. The molecular formula is C14H25N5O2S2. The van der Waals surface area contributed by atoms with Gasteiger partial charge in [-0.3, -0.25) is 4.99 Å². The molecule has 1 fully saturated rings. The minimum absolute atomic E-state index is 0.0903. The monoisotopic (exact) mass is 359 g/mol. The van der Waals surface area contributed by atoms with Crippen molar-refractivity contribution in [1.29, 1.82) is 0 Å². The number of hydrogen-bond donors (Lipinski definition) is 2. The average Bonchev–Trinajstić information content (AvgIpc) is 3.05. The topological polar surface area (TPSA) is 80.8 Å². The Labute approximate surface area is 142 Å². The SMILES string of the molecule is CN=C(NCCS(=O)(=O)N1CCSCC1)N(C)Cc1ccc[nH]1. The van der Waals surface area contributed by atoms with Crippen LogP contribution in [0, 0.1) is 0 Å². The quantitative estimate of drug-likeness (QED) is 0.568. The van der Waals surface area contributed by atoms with Crippen LogP contribution in [0.2, 0.25) is 0 Å². The van der Waals surface area contributed by atoms with Crippen LogP contribution < -0.4 is 5.32 Å². The fourth-order valence-corrected chi connectivity index (χ4v) is 4.92. The second kappa shape index (κ2) is 8.60. The lowest BCUT2D eigenvalue weighted by Crippen LogP contribution is -2.44. The molecule has 0 atom stereocenters. The van der Waals surface area contributed by atoms with E-state index in [1.165, 1.54) is 0 Å². The van der Waals surface area contributed by atoms with Gasteiger partial charge in [-0.2, -0.15) is 11.8 Å². The number of thioether (sulfide) groups is 1. The van der Waals surface area contributed by atoms with Crippen molar-refractivity contribution in [2.24, 2.45) is 4.99 Å². The van der Waals surface area contributed by atoms with Gasteiger partial charge in [0.05, 0.1) is 12.3 Å². The molecule has 1 saturated heterocycles. The van der Waals surface area contributed by atoms with E-state index >= 15 is 0 Å². The fraction of sp³-hybridized carbons (Fsp3) is 0.643. The first-order chi connectivity index (χ1) is 11.0. The highest BCUT2D eigenvalue weighted by Gasteiger charge is 2.23. The van der Waals surface area contributed by atoms with Crippen LogP contribution in [0.25, 0.3) is 0 Å². The van der Waals surface area contributed by atoms with E-state index in [4.69, 9.17) is 0 Å². The van der Waals surface area contributed by atoms with Gasteiger partial charge in [0, 0.05) is 57.1 Å². The average molecular weight is 360 g/mol. The summed E-state index contributed by atoms with van der Waals surface area (Å²) in [5.41, 5.74) is 1.08. The van der Waals surface area contributed by atoms with Gasteiger partial charge in [0.2, 0.25) is 10.0 Å². The van der Waals surface area contributed by atoms with E-state index in [0.29, 0.717) is 32.1 Å². The molecule has 1 aromatic heterocycles. The summed E-state index contributed by atoms with van der Waals surface area (Å²) in [7, 11) is 0.436. The Bertz CT molecular complexity index is 595. The van der Waals surface area contributed by atoms with Gasteiger partial charge >= 0.3 is 0 Å². The minimum Gasteiger partial charge on any atom is -0.364 e. The van der Waals surface area contributed by atoms with Crippen molar-refractivity contribution in [3.05, 3.63) is 24.0 Å². The molecule has 0 bridgehead atoms. The lowest BCUT2D eigenvalue weighted by Gasteiger charge is -2.26. The van der Waals surface area contributed by atoms with Gasteiger partial charge in [0.1, 0.15) is 0 Å². The summed E-state index contributed by atoms with van der Waals surface area (Å²) < 4.78 is 26.2. The van der Waals surface area contributed by atoms with E-state index in [0.717, 1.165) is 17.2 Å². The molecule has 2 rings (SSSR count). The van der Waals surface area contributed by atoms with Gasteiger partial charge in [-0.1, -0.05) is 0 Å². The molecule has 9 heteroatoms. The Morgan fingerprint density at radius 3 is 2.83 bits per heavy atom. The maximum Gasteiger partial charge on any atom is 0.215 e. The Morgan fingerprint density at radius 1 is 1.48 bits per heavy atom. The molecule has 0 saturated carbocycles. The van der Waals surface area contributed by atoms with Crippen LogP contribution in [-0.2, 0) is 16.6 Å². The standard InChI is InChI=1S/C14H25N5O2S2/c1-15-14(18(2)12-13-4-3-5-16-13)17-6-11-23(20,21)19-7-9-22-10-8-19/h3-5,16H,6-12H2,1-2H3,(H,15,17). The van der Waals surface area contributed by atoms with Gasteiger partial charge in [-0.25, -0.2) is 12.7 Å². The van der Waals surface area contributed by atoms with Crippen molar-refractivity contribution in [2.75, 3.05) is 51.0 Å². The maximum absolute atomic E-state index is 12.3. The van der Waals surface area contributed by atoms with Crippen LogP contribution in [0.15, 0.2) is 23.3 Å². The Kier molecular flexibility index (Phi) is 6.79. The molecule has 0 aromatic carbocycles. The van der Waals surface area contributed by atoms with Crippen LogP contribution in [0.4, 0.5) is 0 Å². The first-order valence-corrected chi connectivity index (χ1v) is 10.4. The molecule has 0 radical (unpaired) electrons. The number of aliphatic imine (C=N–C) groups is 1. The summed E-state index contributed by atoms with van der Waals surface area (Å²) in [4.78, 5) is 9.30. The van der Waals surface area contributed by atoms with Crippen molar-refractivity contribution in [3.8, 4) is 0 Å². The largest absolute Gasteiger partial charge is 0.364 e. The van der Waals surface area contributed by atoms with E-state index in [-0.39, 0.29) is 5.75 Å². The summed E-state index contributed by atoms with van der Waals surface area (Å²) in [6, 6.07) is 3.95. The number of hydrogen-bond acceptors (Lipinski definition) is 4. The number of H-pyrrole nitrogens is 1. The molecule has 0 unspecified atom stereocenters. The molecule has 0 spiro atoms. The second-order valence-electron chi connectivity index (χ2n) is 5.35. The number of guanidine groups is 1. The zero-order valence-corrected chi connectivity index (χ0v) is 15.3. The Morgan fingerprint density at radius 2 is 2.22 bits per heavy atom. The zero-order valence-electron chi connectivity index (χ0n) is 13.7. The normalized spacial score (nSPS) is 17.2. The van der Waals surface area contributed by atoms with Crippen LogP contribution in [0.1, 0.15) is 5.69 Å². The fourth-order valence-electron chi connectivity index (χ4n) is 2.43. The Balaban J connectivity index is 1.81. The first kappa shape index (κ1) is 18.2. The van der Waals surface area contributed by atoms with Gasteiger partial charge < -0.3 is 15.2 Å². The van der Waals surface area contributed by atoms with Crippen LogP contribution in [0.3, 0.4) is 0 Å². The first-order valence-electron chi connectivity index (χ1n) is 7.62. The lowest BCUT2D eigenvalue weighted by molar-refractivity contribution is 0.441. The molecule has 2 N–H and O–H groups in total. The molecule has 7 nitrogen and oxygen atoms in total. The lowest BCUT2D eigenvalue weighted by atomic mass is 10.4. The van der Waals surface area contributed by atoms with Crippen LogP contribution in [0.5, 0.6) is 0 Å². The third kappa shape index (κ3) is 5.43. The highest BCUT2D eigenvalue weighted by molar-refractivity contribution is 7.99. The van der Waals surface area contributed by atoms with Crippen molar-refractivity contribution in [1.82, 2.24) is 19.5 Å². The predicted molar refractivity (Wildman–Crippen MR) is 96.3 cm³/mol. The van der Waals surface area contributed by atoms with Gasteiger partial charge in [-0.15, -0.1) is 0 Å². The molecule has 1 aliphatic heterocycles. The number of sulfonamides is 1. The van der Waals surface area contributed by atoms with E-state index in [1.54, 1.807) is 23.1 Å². The van der Waals surface area contributed by atoms with Crippen molar-refractivity contribution >= 4 is 27.7 Å². The van der Waals surface area contributed by atoms with Crippen molar-refractivity contribution < 1.29 is 8.42 Å². The molecular weight excluding hydrogens is 334 g/mol. The number of nitrogens with one attached hydrogen (secondary N) is 2. The van der Waals surface area contributed by atoms with Gasteiger partial charge in [0.15, 0.2) is 5.96 Å². The van der Waals surface area contributed by atoms with E-state index in [9.17, 15) is 8.42 Å². The number of rotatable bonds is 6. The van der Waals surface area contributed by atoms with Crippen LogP contribution in [-0.4, -0.2) is 79.6 Å². The second-order valence-corrected chi connectivity index (χ2v) is 8.67. The Hall–Kier alpha value is -1.19. The highest BCUT2D eigenvalue weighted by Crippen LogP contribution is 2.13. The third-order valence-corrected chi connectivity index (χ3v) is 6.46.